The summed E-state index contributed by atoms with van der Waals surface area (Å²) in [6.07, 6.45) is 1.32. The predicted octanol–water partition coefficient (Wildman–Crippen LogP) is 5.77. The molecule has 1 atom stereocenters. The van der Waals surface area contributed by atoms with Crippen LogP contribution >= 0.6 is 0 Å². The molecule has 1 heteroatoms. The Morgan fingerprint density at radius 3 is 2.58 bits per heavy atom. The van der Waals surface area contributed by atoms with Gasteiger partial charge < -0.3 is 0 Å². The van der Waals surface area contributed by atoms with Gasteiger partial charge in [0.05, 0.1) is 12.3 Å². The van der Waals surface area contributed by atoms with Crippen molar-refractivity contribution in [1.82, 2.24) is 0 Å². The summed E-state index contributed by atoms with van der Waals surface area (Å²) in [5.41, 5.74) is 7.13. The van der Waals surface area contributed by atoms with Crippen LogP contribution < -0.4 is 4.57 Å². The van der Waals surface area contributed by atoms with Crippen LogP contribution in [0.25, 0.3) is 22.0 Å². The average Bonchev–Trinajstić information content (AvgIpc) is 2.62. The minimum absolute atomic E-state index is 0.257. The van der Waals surface area contributed by atoms with E-state index in [-0.39, 0.29) is 6.17 Å². The predicted molar refractivity (Wildman–Crippen MR) is 103 cm³/mol. The van der Waals surface area contributed by atoms with Crippen LogP contribution in [0.5, 0.6) is 0 Å². The molecule has 1 unspecified atom stereocenters. The molecule has 3 aromatic rings. The van der Waals surface area contributed by atoms with Crippen LogP contribution in [0.2, 0.25) is 0 Å². The first kappa shape index (κ1) is 14.2. The van der Waals surface area contributed by atoms with E-state index in [0.29, 0.717) is 12.0 Å². The highest BCUT2D eigenvalue weighted by Gasteiger charge is 2.19. The second-order valence-electron chi connectivity index (χ2n) is 7.01. The van der Waals surface area contributed by atoms with Gasteiger partial charge in [-0.1, -0.05) is 37.6 Å². The molecule has 0 spiro atoms. The molecule has 0 N–H and O–H groups in total. The summed E-state index contributed by atoms with van der Waals surface area (Å²) >= 11 is 0. The number of fused-ring (bicyclic) bond motifs is 1. The monoisotopic (exact) mass is 320 g/mol. The maximum atomic E-state index is 8.51. The Hall–Kier alpha value is -2.15. The summed E-state index contributed by atoms with van der Waals surface area (Å²) in [5.74, 6) is 0.452. The molecule has 0 saturated carbocycles. The van der Waals surface area contributed by atoms with Crippen LogP contribution in [0.4, 0.5) is 0 Å². The smallest absolute Gasteiger partial charge is 0.200 e. The lowest BCUT2D eigenvalue weighted by Crippen LogP contribution is -2.30. The molecule has 0 bridgehead atoms. The zero-order chi connectivity index (χ0) is 19.2. The molecule has 0 aliphatic rings. The van der Waals surface area contributed by atoms with Crippen LogP contribution in [-0.4, -0.2) is 0 Å². The molecule has 0 saturated heterocycles. The molecule has 1 heterocycles. The Morgan fingerprint density at radius 1 is 1.12 bits per heavy atom. The molecule has 24 heavy (non-hydrogen) atoms. The third-order valence-electron chi connectivity index (χ3n) is 5.24. The van der Waals surface area contributed by atoms with E-state index >= 15 is 0 Å². The maximum Gasteiger partial charge on any atom is 0.220 e. The third kappa shape index (κ3) is 2.84. The zero-order valence-electron chi connectivity index (χ0n) is 17.6. The molecule has 2 aromatic carbocycles. The lowest BCUT2D eigenvalue weighted by Gasteiger charge is -2.13. The molecule has 1 nitrogen and oxygen atoms in total. The van der Waals surface area contributed by atoms with Gasteiger partial charge in [-0.05, 0) is 67.3 Å². The third-order valence-corrected chi connectivity index (χ3v) is 5.24. The Balaban J connectivity index is 2.43. The van der Waals surface area contributed by atoms with Crippen LogP contribution in [0.3, 0.4) is 0 Å². The largest absolute Gasteiger partial charge is 0.220 e. The molecule has 0 amide bonds. The van der Waals surface area contributed by atoms with Gasteiger partial charge in [0, 0.05) is 6.04 Å². The minimum atomic E-state index is 0.257. The minimum Gasteiger partial charge on any atom is -0.200 e. The molecule has 0 aliphatic carbocycles. The Morgan fingerprint density at radius 2 is 1.88 bits per heavy atom. The normalized spacial score (nSPS) is 13.8. The summed E-state index contributed by atoms with van der Waals surface area (Å²) in [6, 6.07) is 11.1. The van der Waals surface area contributed by atoms with Crippen molar-refractivity contribution in [2.45, 2.75) is 47.0 Å². The summed E-state index contributed by atoms with van der Waals surface area (Å²) in [4.78, 5) is 0. The Bertz CT molecular complexity index is 1010. The van der Waals surface area contributed by atoms with E-state index in [1.807, 2.05) is 11.6 Å². The van der Waals surface area contributed by atoms with Gasteiger partial charge in [-0.25, -0.2) is 4.57 Å². The van der Waals surface area contributed by atoms with Gasteiger partial charge in [-0.15, -0.1) is 0 Å². The zero-order valence-corrected chi connectivity index (χ0v) is 15.6. The molecule has 0 fully saturated rings. The van der Waals surface area contributed by atoms with Crippen molar-refractivity contribution in [3.05, 3.63) is 64.8 Å². The van der Waals surface area contributed by atoms with Crippen molar-refractivity contribution in [3.8, 4) is 11.3 Å². The van der Waals surface area contributed by atoms with E-state index < -0.39 is 0 Å². The molecule has 1 aromatic heterocycles. The molecular formula is C23H28N+. The Labute approximate surface area is 148 Å². The standard InChI is InChI=1S/C23H28N/c1-7-16(3)19-8-9-21-20(14-19)10-11-24(6)23(21)22-13-15(2)12-17(4)18(22)5/h8-14,16H,7H2,1-6H3/q+1/i10D,11D. The van der Waals surface area contributed by atoms with Crippen LogP contribution in [0, 0.1) is 20.8 Å². The first-order valence-corrected chi connectivity index (χ1v) is 8.77. The SMILES string of the molecule is [2H]c1c([2H])[n+](C)c(-c2cc(C)cc(C)c2C)c2ccc(C(C)CC)cc12. The van der Waals surface area contributed by atoms with Gasteiger partial charge in [0.15, 0.2) is 6.17 Å². The highest BCUT2D eigenvalue weighted by molar-refractivity contribution is 5.94. The van der Waals surface area contributed by atoms with Gasteiger partial charge in [-0.3, -0.25) is 0 Å². The first-order valence-electron chi connectivity index (χ1n) is 9.77. The van der Waals surface area contributed by atoms with Gasteiger partial charge >= 0.3 is 0 Å². The summed E-state index contributed by atoms with van der Waals surface area (Å²) < 4.78 is 18.9. The van der Waals surface area contributed by atoms with Crippen molar-refractivity contribution in [2.75, 3.05) is 0 Å². The number of aryl methyl sites for hydroxylation is 2. The van der Waals surface area contributed by atoms with Crippen LogP contribution in [0.15, 0.2) is 42.5 Å². The molecular weight excluding hydrogens is 290 g/mol. The quantitative estimate of drug-likeness (QED) is 0.539. The van der Waals surface area contributed by atoms with E-state index in [9.17, 15) is 0 Å². The number of hydrogen-bond donors (Lipinski definition) is 0. The number of hydrogen-bond acceptors (Lipinski definition) is 0. The number of nitrogens with zero attached hydrogens (tertiary/aromatic N) is 1. The highest BCUT2D eigenvalue weighted by atomic mass is 14.9. The highest BCUT2D eigenvalue weighted by Crippen LogP contribution is 2.32. The molecule has 0 aliphatic heterocycles. The first-order chi connectivity index (χ1) is 12.3. The summed E-state index contributed by atoms with van der Waals surface area (Å²) in [6.45, 7) is 10.8. The van der Waals surface area contributed by atoms with E-state index in [1.165, 1.54) is 22.3 Å². The second kappa shape index (κ2) is 6.39. The van der Waals surface area contributed by atoms with Crippen molar-refractivity contribution < 1.29 is 7.31 Å². The van der Waals surface area contributed by atoms with E-state index in [1.54, 1.807) is 0 Å². The summed E-state index contributed by atoms with van der Waals surface area (Å²) in [5, 5.41) is 1.92. The molecule has 124 valence electrons. The number of rotatable bonds is 3. The van der Waals surface area contributed by atoms with E-state index in [4.69, 9.17) is 2.74 Å². The number of benzene rings is 2. The average molecular weight is 320 g/mol. The van der Waals surface area contributed by atoms with Gasteiger partial charge in [0.1, 0.15) is 8.42 Å². The lowest BCUT2D eigenvalue weighted by molar-refractivity contribution is -0.659. The van der Waals surface area contributed by atoms with Gasteiger partial charge in [-0.2, -0.15) is 0 Å². The Kier molecular flexibility index (Phi) is 3.79. The fourth-order valence-corrected chi connectivity index (χ4v) is 3.41. The fourth-order valence-electron chi connectivity index (χ4n) is 3.41. The van der Waals surface area contributed by atoms with Crippen LogP contribution in [0.1, 0.15) is 51.2 Å². The van der Waals surface area contributed by atoms with Crippen LogP contribution in [-0.2, 0) is 7.05 Å². The molecule has 3 rings (SSSR count). The maximum absolute atomic E-state index is 8.51. The number of aromatic nitrogens is 1. The lowest BCUT2D eigenvalue weighted by atomic mass is 9.92. The molecule has 0 radical (unpaired) electrons. The topological polar surface area (TPSA) is 3.88 Å². The van der Waals surface area contributed by atoms with E-state index in [2.05, 4.69) is 65.0 Å². The second-order valence-corrected chi connectivity index (χ2v) is 7.01. The van der Waals surface area contributed by atoms with Crippen molar-refractivity contribution in [2.24, 2.45) is 7.05 Å². The summed E-state index contributed by atoms with van der Waals surface area (Å²) in [7, 11) is 1.90. The number of pyridine rings is 1. The van der Waals surface area contributed by atoms with Gasteiger partial charge in [0.2, 0.25) is 5.69 Å². The van der Waals surface area contributed by atoms with Gasteiger partial charge in [0.25, 0.3) is 0 Å². The fraction of sp³-hybridized carbons (Fsp3) is 0.348. The van der Waals surface area contributed by atoms with Crippen molar-refractivity contribution >= 4 is 10.8 Å². The van der Waals surface area contributed by atoms with Crippen molar-refractivity contribution in [3.63, 3.8) is 0 Å². The van der Waals surface area contributed by atoms with Crippen molar-refractivity contribution in [1.29, 1.82) is 0 Å². The van der Waals surface area contributed by atoms with E-state index in [0.717, 1.165) is 28.5 Å².